The molecule has 1 amide bonds. The fourth-order valence-electron chi connectivity index (χ4n) is 2.08. The van der Waals surface area contributed by atoms with Gasteiger partial charge in [-0.2, -0.15) is 0 Å². The molecule has 110 valence electrons. The van der Waals surface area contributed by atoms with Gasteiger partial charge in [-0.25, -0.2) is 0 Å². The molecule has 2 aromatic rings. The molecule has 2 rings (SSSR count). The minimum absolute atomic E-state index is 0.0238. The van der Waals surface area contributed by atoms with Crippen molar-refractivity contribution in [3.8, 4) is 16.9 Å². The molecule has 2 aromatic carbocycles. The molecule has 0 unspecified atom stereocenters. The molecule has 0 radical (unpaired) electrons. The molecule has 0 aliphatic carbocycles. The topological polar surface area (TPSA) is 64.3 Å². The summed E-state index contributed by atoms with van der Waals surface area (Å²) in [5.74, 6) is 0.804. The molecule has 0 spiro atoms. The summed E-state index contributed by atoms with van der Waals surface area (Å²) >= 11 is 0. The van der Waals surface area contributed by atoms with E-state index in [9.17, 15) is 4.79 Å². The lowest BCUT2D eigenvalue weighted by molar-refractivity contribution is -0.121. The highest BCUT2D eigenvalue weighted by Crippen LogP contribution is 2.24. The highest BCUT2D eigenvalue weighted by molar-refractivity contribution is 5.76. The van der Waals surface area contributed by atoms with E-state index in [1.165, 1.54) is 0 Å². The number of nitrogens with one attached hydrogen (secondary N) is 1. The second kappa shape index (κ2) is 7.45. The molecule has 0 fully saturated rings. The summed E-state index contributed by atoms with van der Waals surface area (Å²) in [5, 5.41) is 2.86. The number of carbonyl (C=O) groups excluding carboxylic acids is 1. The standard InChI is InChI=1S/C17H20N2O2/c1-21-16-7-3-6-15(11-16)14-5-2-4-13(10-14)12-19-17(20)8-9-18/h2-7,10-11H,8-9,12,18H2,1H3,(H,19,20). The second-order valence-corrected chi connectivity index (χ2v) is 4.75. The van der Waals surface area contributed by atoms with Crippen molar-refractivity contribution in [2.45, 2.75) is 13.0 Å². The van der Waals surface area contributed by atoms with Crippen molar-refractivity contribution in [1.82, 2.24) is 5.32 Å². The number of carbonyl (C=O) groups is 1. The number of benzene rings is 2. The first-order chi connectivity index (χ1) is 10.2. The van der Waals surface area contributed by atoms with Crippen LogP contribution in [-0.2, 0) is 11.3 Å². The quantitative estimate of drug-likeness (QED) is 0.855. The molecular weight excluding hydrogens is 264 g/mol. The van der Waals surface area contributed by atoms with Gasteiger partial charge < -0.3 is 15.8 Å². The molecule has 3 N–H and O–H groups in total. The monoisotopic (exact) mass is 284 g/mol. The van der Waals surface area contributed by atoms with Crippen LogP contribution >= 0.6 is 0 Å². The number of rotatable bonds is 6. The maximum absolute atomic E-state index is 11.4. The van der Waals surface area contributed by atoms with E-state index in [1.54, 1.807) is 7.11 Å². The predicted octanol–water partition coefficient (Wildman–Crippen LogP) is 2.33. The lowest BCUT2D eigenvalue weighted by Gasteiger charge is -2.08. The van der Waals surface area contributed by atoms with E-state index >= 15 is 0 Å². The third kappa shape index (κ3) is 4.33. The minimum atomic E-state index is -0.0238. The number of hydrogen-bond donors (Lipinski definition) is 2. The number of methoxy groups -OCH3 is 1. The Morgan fingerprint density at radius 2 is 1.86 bits per heavy atom. The van der Waals surface area contributed by atoms with Crippen LogP contribution < -0.4 is 15.8 Å². The maximum atomic E-state index is 11.4. The molecule has 0 aromatic heterocycles. The molecule has 21 heavy (non-hydrogen) atoms. The highest BCUT2D eigenvalue weighted by atomic mass is 16.5. The largest absolute Gasteiger partial charge is 0.497 e. The van der Waals surface area contributed by atoms with Crippen molar-refractivity contribution in [3.63, 3.8) is 0 Å². The third-order valence-electron chi connectivity index (χ3n) is 3.19. The summed E-state index contributed by atoms with van der Waals surface area (Å²) in [6.07, 6.45) is 0.357. The number of ether oxygens (including phenoxy) is 1. The van der Waals surface area contributed by atoms with Gasteiger partial charge in [-0.05, 0) is 34.9 Å². The molecular formula is C17H20N2O2. The van der Waals surface area contributed by atoms with E-state index in [0.29, 0.717) is 19.5 Å². The summed E-state index contributed by atoms with van der Waals surface area (Å²) in [5.41, 5.74) is 8.59. The molecule has 0 atom stereocenters. The van der Waals surface area contributed by atoms with Crippen molar-refractivity contribution < 1.29 is 9.53 Å². The van der Waals surface area contributed by atoms with Crippen LogP contribution in [0, 0.1) is 0 Å². The Labute approximate surface area is 124 Å². The van der Waals surface area contributed by atoms with Crippen LogP contribution in [0.1, 0.15) is 12.0 Å². The molecule has 4 heteroatoms. The Hall–Kier alpha value is -2.33. The van der Waals surface area contributed by atoms with E-state index < -0.39 is 0 Å². The first-order valence-electron chi connectivity index (χ1n) is 6.93. The normalized spacial score (nSPS) is 10.2. The van der Waals surface area contributed by atoms with Gasteiger partial charge in [0.2, 0.25) is 5.91 Å². The highest BCUT2D eigenvalue weighted by Gasteiger charge is 2.03. The molecule has 4 nitrogen and oxygen atoms in total. The zero-order valence-corrected chi connectivity index (χ0v) is 12.1. The van der Waals surface area contributed by atoms with Crippen molar-refractivity contribution in [2.75, 3.05) is 13.7 Å². The van der Waals surface area contributed by atoms with Crippen LogP contribution in [0.5, 0.6) is 5.75 Å². The van der Waals surface area contributed by atoms with Crippen molar-refractivity contribution in [1.29, 1.82) is 0 Å². The van der Waals surface area contributed by atoms with Crippen LogP contribution in [0.25, 0.3) is 11.1 Å². The number of nitrogens with two attached hydrogens (primary N) is 1. The molecule has 0 bridgehead atoms. The average Bonchev–Trinajstić information content (AvgIpc) is 2.53. The van der Waals surface area contributed by atoms with E-state index in [4.69, 9.17) is 10.5 Å². The van der Waals surface area contributed by atoms with Crippen molar-refractivity contribution >= 4 is 5.91 Å². The lowest BCUT2D eigenvalue weighted by atomic mass is 10.0. The van der Waals surface area contributed by atoms with Gasteiger partial charge in [0.1, 0.15) is 5.75 Å². The summed E-state index contributed by atoms with van der Waals surface area (Å²) in [7, 11) is 1.66. The second-order valence-electron chi connectivity index (χ2n) is 4.75. The molecule has 0 saturated heterocycles. The molecule has 0 aliphatic heterocycles. The molecule has 0 saturated carbocycles. The number of hydrogen-bond acceptors (Lipinski definition) is 3. The zero-order valence-electron chi connectivity index (χ0n) is 12.1. The molecule has 0 heterocycles. The summed E-state index contributed by atoms with van der Waals surface area (Å²) < 4.78 is 5.24. The Morgan fingerprint density at radius 3 is 2.57 bits per heavy atom. The van der Waals surface area contributed by atoms with Crippen LogP contribution in [0.3, 0.4) is 0 Å². The van der Waals surface area contributed by atoms with Gasteiger partial charge in [-0.3, -0.25) is 4.79 Å². The van der Waals surface area contributed by atoms with Gasteiger partial charge in [0, 0.05) is 19.5 Å². The van der Waals surface area contributed by atoms with E-state index in [2.05, 4.69) is 11.4 Å². The van der Waals surface area contributed by atoms with Crippen LogP contribution in [-0.4, -0.2) is 19.6 Å². The smallest absolute Gasteiger partial charge is 0.221 e. The Morgan fingerprint density at radius 1 is 1.14 bits per heavy atom. The van der Waals surface area contributed by atoms with Crippen molar-refractivity contribution in [3.05, 3.63) is 54.1 Å². The predicted molar refractivity (Wildman–Crippen MR) is 83.9 cm³/mol. The Bertz CT molecular complexity index is 611. The minimum Gasteiger partial charge on any atom is -0.497 e. The fraction of sp³-hybridized carbons (Fsp3) is 0.235. The average molecular weight is 284 g/mol. The first-order valence-corrected chi connectivity index (χ1v) is 6.93. The van der Waals surface area contributed by atoms with Gasteiger partial charge in [0.05, 0.1) is 7.11 Å². The summed E-state index contributed by atoms with van der Waals surface area (Å²) in [6, 6.07) is 16.0. The SMILES string of the molecule is COc1cccc(-c2cccc(CNC(=O)CCN)c2)c1. The Kier molecular flexibility index (Phi) is 5.35. The Balaban J connectivity index is 2.11. The van der Waals surface area contributed by atoms with E-state index in [0.717, 1.165) is 22.4 Å². The van der Waals surface area contributed by atoms with Gasteiger partial charge in [0.25, 0.3) is 0 Å². The van der Waals surface area contributed by atoms with Gasteiger partial charge >= 0.3 is 0 Å². The van der Waals surface area contributed by atoms with Crippen LogP contribution in [0.4, 0.5) is 0 Å². The van der Waals surface area contributed by atoms with Crippen molar-refractivity contribution in [2.24, 2.45) is 5.73 Å². The third-order valence-corrected chi connectivity index (χ3v) is 3.19. The number of amides is 1. The first kappa shape index (κ1) is 15.1. The summed E-state index contributed by atoms with van der Waals surface area (Å²) in [4.78, 5) is 11.4. The van der Waals surface area contributed by atoms with Gasteiger partial charge in [-0.1, -0.05) is 30.3 Å². The van der Waals surface area contributed by atoms with Crippen LogP contribution in [0.15, 0.2) is 48.5 Å². The lowest BCUT2D eigenvalue weighted by Crippen LogP contribution is -2.24. The van der Waals surface area contributed by atoms with Gasteiger partial charge in [0.15, 0.2) is 0 Å². The summed E-state index contributed by atoms with van der Waals surface area (Å²) in [6.45, 7) is 0.881. The molecule has 0 aliphatic rings. The van der Waals surface area contributed by atoms with Gasteiger partial charge in [-0.15, -0.1) is 0 Å². The maximum Gasteiger partial charge on any atom is 0.221 e. The van der Waals surface area contributed by atoms with E-state index in [-0.39, 0.29) is 5.91 Å². The zero-order chi connectivity index (χ0) is 15.1. The van der Waals surface area contributed by atoms with E-state index in [1.807, 2.05) is 42.5 Å². The fourth-order valence-corrected chi connectivity index (χ4v) is 2.08. The van der Waals surface area contributed by atoms with Crippen LogP contribution in [0.2, 0.25) is 0 Å².